The minimum Gasteiger partial charge on any atom is -0.349 e. The molecule has 6 nitrogen and oxygen atoms in total. The smallest absolute Gasteiger partial charge is 0.241 e. The normalized spacial score (nSPS) is 16.4. The fraction of sp³-hybridized carbons (Fsp3) is 0.444. The molecule has 1 fully saturated rings. The molecule has 3 aromatic rings. The minimum atomic E-state index is -0.299. The predicted molar refractivity (Wildman–Crippen MR) is 129 cm³/mol. The van der Waals surface area contributed by atoms with Gasteiger partial charge in [-0.3, -0.25) is 9.69 Å². The van der Waals surface area contributed by atoms with Gasteiger partial charge in [-0.25, -0.2) is 4.39 Å². The van der Waals surface area contributed by atoms with E-state index < -0.39 is 0 Å². The van der Waals surface area contributed by atoms with E-state index in [1.807, 2.05) is 6.92 Å². The van der Waals surface area contributed by atoms with E-state index in [9.17, 15) is 9.18 Å². The van der Waals surface area contributed by atoms with Crippen molar-refractivity contribution < 1.29 is 13.7 Å². The number of aromatic nitrogens is 2. The lowest BCUT2D eigenvalue weighted by Gasteiger charge is -2.31. The van der Waals surface area contributed by atoms with Crippen LogP contribution >= 0.6 is 0 Å². The SMILES string of the molecule is CC(NC(=O)C1CCN(Cc2nc(-c3ccc(F)cc3)no2)CC1)c1ccc(C(C)(C)C)cc1. The average molecular weight is 465 g/mol. The first kappa shape index (κ1) is 24.1. The lowest BCUT2D eigenvalue weighted by atomic mass is 9.86. The van der Waals surface area contributed by atoms with Gasteiger partial charge in [-0.1, -0.05) is 50.2 Å². The van der Waals surface area contributed by atoms with Crippen LogP contribution < -0.4 is 5.32 Å². The molecule has 0 bridgehead atoms. The number of piperidine rings is 1. The fourth-order valence-corrected chi connectivity index (χ4v) is 4.27. The van der Waals surface area contributed by atoms with Crippen molar-refractivity contribution in [3.8, 4) is 11.4 Å². The Balaban J connectivity index is 1.26. The van der Waals surface area contributed by atoms with E-state index in [-0.39, 0.29) is 29.1 Å². The summed E-state index contributed by atoms with van der Waals surface area (Å²) in [5.74, 6) is 0.795. The summed E-state index contributed by atoms with van der Waals surface area (Å²) in [5.41, 5.74) is 3.23. The molecule has 0 aliphatic carbocycles. The Morgan fingerprint density at radius 1 is 1.12 bits per heavy atom. The maximum absolute atomic E-state index is 13.1. The van der Waals surface area contributed by atoms with Crippen LogP contribution in [0.15, 0.2) is 53.1 Å². The second-order valence-electron chi connectivity index (χ2n) is 10.2. The quantitative estimate of drug-likeness (QED) is 0.539. The molecule has 2 aromatic carbocycles. The van der Waals surface area contributed by atoms with Crippen molar-refractivity contribution in [3.63, 3.8) is 0 Å². The van der Waals surface area contributed by atoms with Crippen molar-refractivity contribution in [3.05, 3.63) is 71.4 Å². The zero-order chi connectivity index (χ0) is 24.3. The number of carbonyl (C=O) groups excluding carboxylic acids is 1. The molecule has 4 rings (SSSR count). The summed E-state index contributed by atoms with van der Waals surface area (Å²) in [4.78, 5) is 19.5. The van der Waals surface area contributed by atoms with Crippen LogP contribution in [-0.4, -0.2) is 34.0 Å². The van der Waals surface area contributed by atoms with Gasteiger partial charge in [0.1, 0.15) is 5.82 Å². The first-order chi connectivity index (χ1) is 16.2. The van der Waals surface area contributed by atoms with Crippen molar-refractivity contribution in [2.75, 3.05) is 13.1 Å². The lowest BCUT2D eigenvalue weighted by molar-refractivity contribution is -0.127. The van der Waals surface area contributed by atoms with E-state index in [1.54, 1.807) is 12.1 Å². The van der Waals surface area contributed by atoms with Crippen molar-refractivity contribution in [1.82, 2.24) is 20.4 Å². The first-order valence-electron chi connectivity index (χ1n) is 11.9. The fourth-order valence-electron chi connectivity index (χ4n) is 4.27. The molecule has 34 heavy (non-hydrogen) atoms. The Hall–Kier alpha value is -3.06. The maximum atomic E-state index is 13.1. The molecule has 180 valence electrons. The molecule has 1 atom stereocenters. The molecule has 0 radical (unpaired) electrons. The molecule has 2 heterocycles. The zero-order valence-corrected chi connectivity index (χ0v) is 20.3. The maximum Gasteiger partial charge on any atom is 0.241 e. The van der Waals surface area contributed by atoms with E-state index >= 15 is 0 Å². The van der Waals surface area contributed by atoms with Crippen molar-refractivity contribution in [2.24, 2.45) is 5.92 Å². The summed E-state index contributed by atoms with van der Waals surface area (Å²) in [6.07, 6.45) is 1.58. The van der Waals surface area contributed by atoms with Gasteiger partial charge in [0.15, 0.2) is 0 Å². The van der Waals surface area contributed by atoms with Gasteiger partial charge in [0, 0.05) is 11.5 Å². The Morgan fingerprint density at radius 2 is 1.76 bits per heavy atom. The third-order valence-corrected chi connectivity index (χ3v) is 6.52. The Morgan fingerprint density at radius 3 is 2.38 bits per heavy atom. The summed E-state index contributed by atoms with van der Waals surface area (Å²) in [6, 6.07) is 14.5. The Kier molecular flexibility index (Phi) is 7.12. The van der Waals surface area contributed by atoms with Crippen LogP contribution in [0.4, 0.5) is 4.39 Å². The summed E-state index contributed by atoms with van der Waals surface area (Å²) in [7, 11) is 0. The molecule has 1 amide bonds. The van der Waals surface area contributed by atoms with Gasteiger partial charge in [0.05, 0.1) is 12.6 Å². The predicted octanol–water partition coefficient (Wildman–Crippen LogP) is 5.26. The zero-order valence-electron chi connectivity index (χ0n) is 20.3. The van der Waals surface area contributed by atoms with E-state index in [0.29, 0.717) is 23.8 Å². The van der Waals surface area contributed by atoms with Crippen LogP contribution in [0.25, 0.3) is 11.4 Å². The molecule has 0 spiro atoms. The number of rotatable bonds is 6. The average Bonchev–Trinajstić information content (AvgIpc) is 3.28. The second kappa shape index (κ2) is 10.1. The third-order valence-electron chi connectivity index (χ3n) is 6.52. The molecule has 1 aliphatic heterocycles. The Bertz CT molecular complexity index is 1090. The molecule has 1 aromatic heterocycles. The van der Waals surface area contributed by atoms with Crippen molar-refractivity contribution >= 4 is 5.91 Å². The molecule has 1 aliphatic rings. The number of likely N-dealkylation sites (tertiary alicyclic amines) is 1. The molecular weight excluding hydrogens is 431 g/mol. The number of hydrogen-bond acceptors (Lipinski definition) is 5. The van der Waals surface area contributed by atoms with Gasteiger partial charge in [-0.05, 0) is 73.7 Å². The standard InChI is InChI=1S/C27H33FN4O2/c1-18(19-5-9-22(10-6-19)27(2,3)4)29-26(33)21-13-15-32(16-14-21)17-24-30-25(31-34-24)20-7-11-23(28)12-8-20/h5-12,18,21H,13-17H2,1-4H3,(H,29,33). The highest BCUT2D eigenvalue weighted by Crippen LogP contribution is 2.25. The molecule has 1 saturated heterocycles. The van der Waals surface area contributed by atoms with Crippen LogP contribution in [0.1, 0.15) is 63.6 Å². The van der Waals surface area contributed by atoms with Crippen molar-refractivity contribution in [1.29, 1.82) is 0 Å². The topological polar surface area (TPSA) is 71.3 Å². The summed E-state index contributed by atoms with van der Waals surface area (Å²) in [5, 5.41) is 7.19. The molecule has 7 heteroatoms. The van der Waals surface area contributed by atoms with Crippen molar-refractivity contribution in [2.45, 2.75) is 58.5 Å². The minimum absolute atomic E-state index is 0.00464. The van der Waals surface area contributed by atoms with Crippen LogP contribution in [0, 0.1) is 11.7 Å². The van der Waals surface area contributed by atoms with Gasteiger partial charge in [-0.2, -0.15) is 4.98 Å². The number of carbonyl (C=O) groups is 1. The largest absolute Gasteiger partial charge is 0.349 e. The highest BCUT2D eigenvalue weighted by molar-refractivity contribution is 5.79. The monoisotopic (exact) mass is 464 g/mol. The molecule has 1 unspecified atom stereocenters. The summed E-state index contributed by atoms with van der Waals surface area (Å²) in [6.45, 7) is 10.8. The number of amides is 1. The molecule has 1 N–H and O–H groups in total. The number of hydrogen-bond donors (Lipinski definition) is 1. The highest BCUT2D eigenvalue weighted by Gasteiger charge is 2.27. The number of benzene rings is 2. The van der Waals surface area contributed by atoms with Crippen LogP contribution in [0.5, 0.6) is 0 Å². The Labute approximate surface area is 200 Å². The van der Waals surface area contributed by atoms with Gasteiger partial charge in [-0.15, -0.1) is 0 Å². The van der Waals surface area contributed by atoms with Gasteiger partial charge >= 0.3 is 0 Å². The van der Waals surface area contributed by atoms with E-state index in [4.69, 9.17) is 4.52 Å². The summed E-state index contributed by atoms with van der Waals surface area (Å²) < 4.78 is 18.5. The first-order valence-corrected chi connectivity index (χ1v) is 11.9. The molecular formula is C27H33FN4O2. The number of nitrogens with zero attached hydrogens (tertiary/aromatic N) is 3. The second-order valence-corrected chi connectivity index (χ2v) is 10.2. The van der Waals surface area contributed by atoms with Crippen LogP contribution in [0.2, 0.25) is 0 Å². The lowest BCUT2D eigenvalue weighted by Crippen LogP contribution is -2.41. The van der Waals surface area contributed by atoms with Crippen LogP contribution in [0.3, 0.4) is 0 Å². The van der Waals surface area contributed by atoms with Crippen LogP contribution in [-0.2, 0) is 16.8 Å². The van der Waals surface area contributed by atoms with E-state index in [0.717, 1.165) is 31.5 Å². The summed E-state index contributed by atoms with van der Waals surface area (Å²) >= 11 is 0. The highest BCUT2D eigenvalue weighted by atomic mass is 19.1. The van der Waals surface area contributed by atoms with Gasteiger partial charge < -0.3 is 9.84 Å². The molecule has 0 saturated carbocycles. The number of nitrogens with one attached hydrogen (secondary N) is 1. The van der Waals surface area contributed by atoms with Gasteiger partial charge in [0.2, 0.25) is 17.6 Å². The van der Waals surface area contributed by atoms with E-state index in [2.05, 4.69) is 65.4 Å². The number of halogens is 1. The van der Waals surface area contributed by atoms with E-state index in [1.165, 1.54) is 17.7 Å². The third kappa shape index (κ3) is 5.89. The van der Waals surface area contributed by atoms with Gasteiger partial charge in [0.25, 0.3) is 0 Å².